The van der Waals surface area contributed by atoms with Gasteiger partial charge in [0, 0.05) is 0 Å². The van der Waals surface area contributed by atoms with Crippen molar-refractivity contribution in [3.63, 3.8) is 0 Å². The summed E-state index contributed by atoms with van der Waals surface area (Å²) in [6, 6.07) is 0. The van der Waals surface area contributed by atoms with E-state index in [1.807, 2.05) is 0 Å². The van der Waals surface area contributed by atoms with Crippen molar-refractivity contribution in [2.24, 2.45) is 0 Å². The summed E-state index contributed by atoms with van der Waals surface area (Å²) in [5.41, 5.74) is 0. The molecule has 0 aliphatic rings. The molecular weight excluding hydrogens is 280 g/mol. The molecule has 2 N–H and O–H groups in total. The molecule has 0 aromatic heterocycles. The molecule has 0 aliphatic carbocycles. The normalized spacial score (nSPS) is 13.2. The molecular formula is C18H32O4. The van der Waals surface area contributed by atoms with Crippen molar-refractivity contribution < 1.29 is 20.0 Å². The molecule has 0 bridgehead atoms. The Morgan fingerprint density at radius 3 is 2.18 bits per heavy atom. The lowest BCUT2D eigenvalue weighted by Crippen LogP contribution is -2.15. The van der Waals surface area contributed by atoms with Gasteiger partial charge in [0.1, 0.15) is 6.10 Å². The Labute approximate surface area is 134 Å². The highest BCUT2D eigenvalue weighted by Gasteiger charge is 2.12. The summed E-state index contributed by atoms with van der Waals surface area (Å²) in [5, 5.41) is 17.2. The third-order valence-corrected chi connectivity index (χ3v) is 3.53. The van der Waals surface area contributed by atoms with Gasteiger partial charge in [-0.05, 0) is 38.5 Å². The topological polar surface area (TPSA) is 66.8 Å². The molecule has 0 aliphatic heterocycles. The number of carbonyl (C=O) groups is 1. The first kappa shape index (κ1) is 20.9. The van der Waals surface area contributed by atoms with Crippen LogP contribution in [0.4, 0.5) is 0 Å². The molecule has 0 heterocycles. The zero-order valence-electron chi connectivity index (χ0n) is 13.9. The lowest BCUT2D eigenvalue weighted by atomic mass is 10.1. The van der Waals surface area contributed by atoms with Gasteiger partial charge in [0.05, 0.1) is 6.42 Å². The van der Waals surface area contributed by atoms with E-state index in [0.29, 0.717) is 6.42 Å². The first-order valence-electron chi connectivity index (χ1n) is 8.52. The fourth-order valence-corrected chi connectivity index (χ4v) is 2.22. The number of rotatable bonds is 15. The number of allylic oxidation sites excluding steroid dienone is 4. The fraction of sp³-hybridized carbons (Fsp3) is 0.722. The van der Waals surface area contributed by atoms with Crippen LogP contribution < -0.4 is 0 Å². The average Bonchev–Trinajstić information content (AvgIpc) is 2.50. The van der Waals surface area contributed by atoms with Crippen LogP contribution >= 0.6 is 0 Å². The molecule has 4 heteroatoms. The Hall–Kier alpha value is -1.13. The molecule has 1 atom stereocenters. The van der Waals surface area contributed by atoms with E-state index < -0.39 is 12.1 Å². The minimum Gasteiger partial charge on any atom is -0.481 e. The molecule has 0 spiro atoms. The number of hydrogen-bond acceptors (Lipinski definition) is 3. The summed E-state index contributed by atoms with van der Waals surface area (Å²) in [6.45, 7) is 2.22. The van der Waals surface area contributed by atoms with Gasteiger partial charge in [-0.1, -0.05) is 56.9 Å². The van der Waals surface area contributed by atoms with Crippen molar-refractivity contribution >= 4 is 5.97 Å². The Balaban J connectivity index is 3.41. The molecule has 0 amide bonds. The van der Waals surface area contributed by atoms with Crippen molar-refractivity contribution in [1.82, 2.24) is 0 Å². The van der Waals surface area contributed by atoms with E-state index in [0.717, 1.165) is 32.1 Å². The van der Waals surface area contributed by atoms with Crippen LogP contribution in [0.25, 0.3) is 0 Å². The first-order valence-corrected chi connectivity index (χ1v) is 8.52. The minimum absolute atomic E-state index is 0.138. The molecule has 1 unspecified atom stereocenters. The second-order valence-corrected chi connectivity index (χ2v) is 5.64. The summed E-state index contributed by atoms with van der Waals surface area (Å²) in [4.78, 5) is 14.7. The number of unbranched alkanes of at least 4 members (excludes halogenated alkanes) is 6. The number of carboxylic acid groups (broad SMARTS) is 1. The number of carboxylic acids is 1. The maximum atomic E-state index is 10.5. The highest BCUT2D eigenvalue weighted by Crippen LogP contribution is 2.11. The predicted molar refractivity (Wildman–Crippen MR) is 89.9 cm³/mol. The lowest BCUT2D eigenvalue weighted by molar-refractivity contribution is -0.280. The number of aliphatic carboxylic acids is 1. The molecule has 22 heavy (non-hydrogen) atoms. The fourth-order valence-electron chi connectivity index (χ4n) is 2.22. The number of hydrogen-bond donors (Lipinski definition) is 2. The second kappa shape index (κ2) is 16.2. The molecule has 0 saturated carbocycles. The van der Waals surface area contributed by atoms with Gasteiger partial charge >= 0.3 is 5.97 Å². The van der Waals surface area contributed by atoms with Crippen molar-refractivity contribution in [2.45, 2.75) is 83.7 Å². The third-order valence-electron chi connectivity index (χ3n) is 3.53. The zero-order chi connectivity index (χ0) is 16.5. The van der Waals surface area contributed by atoms with E-state index in [1.54, 1.807) is 0 Å². The van der Waals surface area contributed by atoms with Crippen molar-refractivity contribution in [2.75, 3.05) is 0 Å². The van der Waals surface area contributed by atoms with Gasteiger partial charge in [-0.2, -0.15) is 0 Å². The van der Waals surface area contributed by atoms with Crippen LogP contribution in [0, 0.1) is 0 Å². The van der Waals surface area contributed by atoms with E-state index in [4.69, 9.17) is 10.4 Å². The van der Waals surface area contributed by atoms with E-state index in [2.05, 4.69) is 36.1 Å². The van der Waals surface area contributed by atoms with Gasteiger partial charge in [0.25, 0.3) is 0 Å². The quantitative estimate of drug-likeness (QED) is 0.185. The van der Waals surface area contributed by atoms with Crippen molar-refractivity contribution in [1.29, 1.82) is 0 Å². The molecule has 0 aromatic carbocycles. The van der Waals surface area contributed by atoms with Gasteiger partial charge in [-0.15, -0.1) is 0 Å². The van der Waals surface area contributed by atoms with Crippen LogP contribution in [0.3, 0.4) is 0 Å². The molecule has 0 fully saturated rings. The smallest absolute Gasteiger partial charge is 0.306 e. The Morgan fingerprint density at radius 1 is 1.00 bits per heavy atom. The van der Waals surface area contributed by atoms with Gasteiger partial charge in [-0.3, -0.25) is 10.1 Å². The van der Waals surface area contributed by atoms with E-state index in [1.165, 1.54) is 25.7 Å². The predicted octanol–water partition coefficient (Wildman–Crippen LogP) is 5.35. The van der Waals surface area contributed by atoms with E-state index in [9.17, 15) is 4.79 Å². The Morgan fingerprint density at radius 2 is 1.64 bits per heavy atom. The maximum Gasteiger partial charge on any atom is 0.306 e. The van der Waals surface area contributed by atoms with Gasteiger partial charge in [0.2, 0.25) is 0 Å². The second-order valence-electron chi connectivity index (χ2n) is 5.64. The summed E-state index contributed by atoms with van der Waals surface area (Å²) in [6.07, 6.45) is 18.9. The minimum atomic E-state index is -0.940. The van der Waals surface area contributed by atoms with Crippen LogP contribution in [0.2, 0.25) is 0 Å². The highest BCUT2D eigenvalue weighted by molar-refractivity contribution is 5.67. The van der Waals surface area contributed by atoms with Crippen LogP contribution in [-0.4, -0.2) is 22.4 Å². The Bertz CT molecular complexity index is 310. The molecule has 0 radical (unpaired) electrons. The van der Waals surface area contributed by atoms with Crippen LogP contribution in [0.15, 0.2) is 24.3 Å². The van der Waals surface area contributed by atoms with Gasteiger partial charge in [0.15, 0.2) is 0 Å². The first-order chi connectivity index (χ1) is 10.7. The standard InChI is InChI=1S/C18H32O4/c1-2-3-4-5-6-7-8-9-10-11-12-13-14-15-17(22-21)16-18(19)20/h6-7,9-10,17,21H,2-5,8,11-16H2,1H3,(H,19,20)/b7-6-,10-9-. The summed E-state index contributed by atoms with van der Waals surface area (Å²) < 4.78 is 0. The van der Waals surface area contributed by atoms with Gasteiger partial charge < -0.3 is 5.11 Å². The van der Waals surface area contributed by atoms with Crippen LogP contribution in [0.5, 0.6) is 0 Å². The summed E-state index contributed by atoms with van der Waals surface area (Å²) >= 11 is 0. The van der Waals surface area contributed by atoms with Gasteiger partial charge in [-0.25, -0.2) is 4.89 Å². The SMILES string of the molecule is CCCCC/C=C\C/C=C\CCCCCC(CC(=O)O)OO. The third kappa shape index (κ3) is 15.3. The zero-order valence-corrected chi connectivity index (χ0v) is 13.9. The average molecular weight is 312 g/mol. The highest BCUT2D eigenvalue weighted by atomic mass is 17.1. The molecule has 128 valence electrons. The molecule has 0 rings (SSSR count). The van der Waals surface area contributed by atoms with Crippen molar-refractivity contribution in [3.8, 4) is 0 Å². The largest absolute Gasteiger partial charge is 0.481 e. The summed E-state index contributed by atoms with van der Waals surface area (Å²) in [7, 11) is 0. The monoisotopic (exact) mass is 312 g/mol. The van der Waals surface area contributed by atoms with Crippen LogP contribution in [-0.2, 0) is 9.68 Å². The van der Waals surface area contributed by atoms with E-state index >= 15 is 0 Å². The molecule has 0 saturated heterocycles. The Kier molecular flexibility index (Phi) is 15.4. The maximum absolute atomic E-state index is 10.5. The molecule has 0 aromatic rings. The lowest BCUT2D eigenvalue weighted by Gasteiger charge is -2.09. The van der Waals surface area contributed by atoms with Crippen molar-refractivity contribution in [3.05, 3.63) is 24.3 Å². The van der Waals surface area contributed by atoms with Crippen LogP contribution in [0.1, 0.15) is 77.6 Å². The molecule has 4 nitrogen and oxygen atoms in total. The van der Waals surface area contributed by atoms with E-state index in [-0.39, 0.29) is 6.42 Å². The summed E-state index contributed by atoms with van der Waals surface area (Å²) in [5.74, 6) is -0.940.